The fraction of sp³-hybridized carbons (Fsp3) is 0.300. The smallest absolute Gasteiger partial charge is 0.366 e. The standard InChI is InChI=1S/C30H28O9S/c1-30(29(33)34-2)38-23-22(18-35-26(31)19-12-6-3-7-13-19)36-28(40-21-16-10-5-11-17-21)25(24(23)39-30)37-27(32)20-14-8-4-9-15-20/h3-17,22-25,28H,18H2,1-2H3/t22-,23+,24+,25-,28+,30-/m1/s1. The van der Waals surface area contributed by atoms with Crippen molar-refractivity contribution in [1.82, 2.24) is 0 Å². The molecule has 0 spiro atoms. The van der Waals surface area contributed by atoms with Crippen molar-refractivity contribution in [3.63, 3.8) is 0 Å². The first-order chi connectivity index (χ1) is 19.4. The van der Waals surface area contributed by atoms with Crippen molar-refractivity contribution in [1.29, 1.82) is 0 Å². The van der Waals surface area contributed by atoms with E-state index < -0.39 is 53.5 Å². The molecule has 0 radical (unpaired) electrons. The van der Waals surface area contributed by atoms with Gasteiger partial charge < -0.3 is 28.4 Å². The topological polar surface area (TPSA) is 107 Å². The van der Waals surface area contributed by atoms with E-state index in [0.29, 0.717) is 11.1 Å². The molecule has 0 aromatic heterocycles. The van der Waals surface area contributed by atoms with E-state index in [-0.39, 0.29) is 6.61 Å². The third kappa shape index (κ3) is 6.05. The predicted octanol–water partition coefficient (Wildman–Crippen LogP) is 4.26. The van der Waals surface area contributed by atoms with Gasteiger partial charge in [0.1, 0.15) is 30.4 Å². The van der Waals surface area contributed by atoms with E-state index in [2.05, 4.69) is 0 Å². The highest BCUT2D eigenvalue weighted by molar-refractivity contribution is 7.99. The van der Waals surface area contributed by atoms with Gasteiger partial charge >= 0.3 is 17.9 Å². The Morgan fingerprint density at radius 3 is 1.95 bits per heavy atom. The third-order valence-electron chi connectivity index (χ3n) is 6.51. The van der Waals surface area contributed by atoms with E-state index in [9.17, 15) is 14.4 Å². The van der Waals surface area contributed by atoms with Crippen molar-refractivity contribution in [2.75, 3.05) is 13.7 Å². The molecule has 0 bridgehead atoms. The summed E-state index contributed by atoms with van der Waals surface area (Å²) in [6, 6.07) is 26.5. The number of methoxy groups -OCH3 is 1. The fourth-order valence-corrected chi connectivity index (χ4v) is 5.68. The highest BCUT2D eigenvalue weighted by atomic mass is 32.2. The van der Waals surface area contributed by atoms with Crippen LogP contribution in [-0.4, -0.2) is 67.3 Å². The van der Waals surface area contributed by atoms with Crippen LogP contribution in [0.15, 0.2) is 95.9 Å². The van der Waals surface area contributed by atoms with Gasteiger partial charge in [-0.1, -0.05) is 66.4 Å². The molecule has 0 aliphatic carbocycles. The van der Waals surface area contributed by atoms with Crippen molar-refractivity contribution >= 4 is 29.7 Å². The lowest BCUT2D eigenvalue weighted by Crippen LogP contribution is -2.57. The first-order valence-corrected chi connectivity index (χ1v) is 13.6. The van der Waals surface area contributed by atoms with Gasteiger partial charge in [-0.3, -0.25) is 0 Å². The molecular formula is C30H28O9S. The van der Waals surface area contributed by atoms with Crippen LogP contribution in [0, 0.1) is 0 Å². The van der Waals surface area contributed by atoms with Crippen LogP contribution >= 0.6 is 11.8 Å². The number of carbonyl (C=O) groups is 3. The number of rotatable bonds is 8. The molecule has 10 heteroatoms. The molecule has 2 heterocycles. The lowest BCUT2D eigenvalue weighted by atomic mass is 10.00. The first kappa shape index (κ1) is 27.9. The Morgan fingerprint density at radius 1 is 0.800 bits per heavy atom. The van der Waals surface area contributed by atoms with Crippen LogP contribution in [0.3, 0.4) is 0 Å². The lowest BCUT2D eigenvalue weighted by molar-refractivity contribution is -0.208. The summed E-state index contributed by atoms with van der Waals surface area (Å²) in [7, 11) is 1.22. The van der Waals surface area contributed by atoms with Gasteiger partial charge in [0.05, 0.1) is 18.2 Å². The highest BCUT2D eigenvalue weighted by Crippen LogP contribution is 2.43. The van der Waals surface area contributed by atoms with Crippen LogP contribution in [0.5, 0.6) is 0 Å². The van der Waals surface area contributed by atoms with Crippen molar-refractivity contribution in [3.8, 4) is 0 Å². The second-order valence-corrected chi connectivity index (χ2v) is 10.4. The van der Waals surface area contributed by atoms with Crippen LogP contribution in [0.2, 0.25) is 0 Å². The van der Waals surface area contributed by atoms with Crippen LogP contribution in [0.1, 0.15) is 27.6 Å². The number of thioether (sulfide) groups is 1. The van der Waals surface area contributed by atoms with Crippen LogP contribution in [0.4, 0.5) is 0 Å². The maximum absolute atomic E-state index is 13.2. The fourth-order valence-electron chi connectivity index (χ4n) is 4.55. The van der Waals surface area contributed by atoms with Gasteiger partial charge in [-0.2, -0.15) is 0 Å². The van der Waals surface area contributed by atoms with Gasteiger partial charge in [0, 0.05) is 11.8 Å². The normalized spacial score (nSPS) is 27.3. The number of ether oxygens (including phenoxy) is 6. The number of fused-ring (bicyclic) bond motifs is 1. The number of hydrogen-bond acceptors (Lipinski definition) is 10. The SMILES string of the molecule is COC(=O)[C@@]1(C)O[C@H]2[C@@H](O1)[C@@H](COC(=O)c1ccccc1)O[C@@H](Sc1ccccc1)[C@@H]2OC(=O)c1ccccc1. The van der Waals surface area contributed by atoms with Gasteiger partial charge in [0.15, 0.2) is 6.10 Å². The van der Waals surface area contributed by atoms with Gasteiger partial charge in [-0.05, 0) is 36.4 Å². The van der Waals surface area contributed by atoms with Crippen LogP contribution in [0.25, 0.3) is 0 Å². The number of carbonyl (C=O) groups excluding carboxylic acids is 3. The summed E-state index contributed by atoms with van der Waals surface area (Å²) in [5.74, 6) is -3.68. The summed E-state index contributed by atoms with van der Waals surface area (Å²) in [6.07, 6.45) is -3.70. The maximum Gasteiger partial charge on any atom is 0.366 e. The molecular weight excluding hydrogens is 536 g/mol. The molecule has 6 atom stereocenters. The quantitative estimate of drug-likeness (QED) is 0.291. The zero-order valence-electron chi connectivity index (χ0n) is 21.8. The minimum atomic E-state index is -1.79. The van der Waals surface area contributed by atoms with Gasteiger partial charge in [-0.25, -0.2) is 14.4 Å². The molecule has 0 N–H and O–H groups in total. The van der Waals surface area contributed by atoms with E-state index in [1.54, 1.807) is 60.7 Å². The van der Waals surface area contributed by atoms with E-state index in [4.69, 9.17) is 28.4 Å². The summed E-state index contributed by atoms with van der Waals surface area (Å²) in [5, 5.41) is 0. The monoisotopic (exact) mass is 564 g/mol. The molecule has 2 saturated heterocycles. The Balaban J connectivity index is 1.45. The minimum Gasteiger partial charge on any atom is -0.465 e. The molecule has 5 rings (SSSR count). The molecule has 0 unspecified atom stereocenters. The summed E-state index contributed by atoms with van der Waals surface area (Å²) in [5.41, 5.74) is -0.0702. The molecule has 2 aliphatic heterocycles. The van der Waals surface area contributed by atoms with Crippen molar-refractivity contribution < 1.29 is 42.8 Å². The van der Waals surface area contributed by atoms with E-state index >= 15 is 0 Å². The Labute approximate surface area is 235 Å². The Bertz CT molecular complexity index is 1320. The molecule has 2 aliphatic rings. The Morgan fingerprint density at radius 2 is 1.35 bits per heavy atom. The molecule has 3 aromatic carbocycles. The molecule has 2 fully saturated rings. The highest BCUT2D eigenvalue weighted by Gasteiger charge is 2.61. The van der Waals surface area contributed by atoms with Crippen molar-refractivity contribution in [2.24, 2.45) is 0 Å². The zero-order chi connectivity index (χ0) is 28.1. The number of hydrogen-bond donors (Lipinski definition) is 0. The Hall–Kier alpha value is -3.70. The summed E-state index contributed by atoms with van der Waals surface area (Å²) < 4.78 is 35.1. The first-order valence-electron chi connectivity index (χ1n) is 12.7. The van der Waals surface area contributed by atoms with E-state index in [1.807, 2.05) is 30.3 Å². The van der Waals surface area contributed by atoms with Crippen LogP contribution in [-0.2, 0) is 33.2 Å². The average molecular weight is 565 g/mol. The summed E-state index contributed by atoms with van der Waals surface area (Å²) in [4.78, 5) is 39.4. The molecule has 40 heavy (non-hydrogen) atoms. The van der Waals surface area contributed by atoms with Gasteiger partial charge in [0.2, 0.25) is 0 Å². The zero-order valence-corrected chi connectivity index (χ0v) is 22.7. The minimum absolute atomic E-state index is 0.194. The average Bonchev–Trinajstić information content (AvgIpc) is 3.37. The van der Waals surface area contributed by atoms with Crippen molar-refractivity contribution in [3.05, 3.63) is 102 Å². The maximum atomic E-state index is 13.2. The lowest BCUT2D eigenvalue weighted by Gasteiger charge is -2.41. The molecule has 208 valence electrons. The number of esters is 3. The molecule has 3 aromatic rings. The van der Waals surface area contributed by atoms with E-state index in [0.717, 1.165) is 4.90 Å². The van der Waals surface area contributed by atoms with Gasteiger partial charge in [-0.15, -0.1) is 0 Å². The molecule has 9 nitrogen and oxygen atoms in total. The second kappa shape index (κ2) is 12.2. The third-order valence-corrected chi connectivity index (χ3v) is 7.66. The van der Waals surface area contributed by atoms with E-state index in [1.165, 1.54) is 25.8 Å². The van der Waals surface area contributed by atoms with Crippen LogP contribution < -0.4 is 0 Å². The summed E-state index contributed by atoms with van der Waals surface area (Å²) >= 11 is 1.32. The summed E-state index contributed by atoms with van der Waals surface area (Å²) in [6.45, 7) is 1.24. The van der Waals surface area contributed by atoms with Crippen molar-refractivity contribution in [2.45, 2.75) is 47.5 Å². The molecule has 0 amide bonds. The number of benzene rings is 3. The predicted molar refractivity (Wildman–Crippen MR) is 143 cm³/mol. The second-order valence-electron chi connectivity index (χ2n) is 9.28. The van der Waals surface area contributed by atoms with Gasteiger partial charge in [0.25, 0.3) is 5.79 Å². The largest absolute Gasteiger partial charge is 0.465 e. The Kier molecular flexibility index (Phi) is 8.51. The molecule has 0 saturated carbocycles.